The van der Waals surface area contributed by atoms with E-state index in [0.29, 0.717) is 12.5 Å². The van der Waals surface area contributed by atoms with Crippen molar-refractivity contribution in [2.75, 3.05) is 12.3 Å². The van der Waals surface area contributed by atoms with E-state index in [9.17, 15) is 0 Å². The number of rotatable bonds is 3. The van der Waals surface area contributed by atoms with Gasteiger partial charge in [-0.3, -0.25) is 4.99 Å². The zero-order chi connectivity index (χ0) is 13.2. The van der Waals surface area contributed by atoms with Crippen molar-refractivity contribution >= 4 is 41.7 Å². The summed E-state index contributed by atoms with van der Waals surface area (Å²) in [7, 11) is 0. The summed E-state index contributed by atoms with van der Waals surface area (Å²) in [6.45, 7) is 7.94. The van der Waals surface area contributed by atoms with Crippen LogP contribution in [0.3, 0.4) is 0 Å². The number of aryl methyl sites for hydroxylation is 1. The maximum atomic E-state index is 5.81. The summed E-state index contributed by atoms with van der Waals surface area (Å²) in [5.41, 5.74) is 6.87. The summed E-state index contributed by atoms with van der Waals surface area (Å²) in [4.78, 5) is 8.87. The Morgan fingerprint density at radius 3 is 2.95 bits per heavy atom. The molecular formula is C12H22IN5S. The molecule has 2 rings (SSSR count). The summed E-state index contributed by atoms with van der Waals surface area (Å²) < 4.78 is 2.21. The lowest BCUT2D eigenvalue weighted by atomic mass is 10.1. The number of imidazole rings is 1. The summed E-state index contributed by atoms with van der Waals surface area (Å²) in [5.74, 6) is 1.65. The molecule has 0 saturated heterocycles. The second-order valence-corrected chi connectivity index (χ2v) is 6.51. The van der Waals surface area contributed by atoms with Gasteiger partial charge in [0.25, 0.3) is 0 Å². The van der Waals surface area contributed by atoms with Crippen LogP contribution >= 0.6 is 35.7 Å². The second kappa shape index (κ2) is 6.83. The van der Waals surface area contributed by atoms with Crippen molar-refractivity contribution in [1.29, 1.82) is 0 Å². The molecule has 0 radical (unpaired) electrons. The Morgan fingerprint density at radius 2 is 2.32 bits per heavy atom. The SMILES string of the molecule is CC(C)(C)NC(N)=NCCc1cn2c(n1)SCC2.I. The van der Waals surface area contributed by atoms with Gasteiger partial charge in [-0.2, -0.15) is 0 Å². The van der Waals surface area contributed by atoms with Gasteiger partial charge in [0.15, 0.2) is 11.1 Å². The molecule has 0 saturated carbocycles. The van der Waals surface area contributed by atoms with E-state index in [1.807, 2.05) is 11.8 Å². The average Bonchev–Trinajstić information content (AvgIpc) is 2.74. The molecule has 108 valence electrons. The normalized spacial score (nSPS) is 15.0. The van der Waals surface area contributed by atoms with Crippen molar-refractivity contribution in [3.63, 3.8) is 0 Å². The number of halogens is 1. The van der Waals surface area contributed by atoms with Gasteiger partial charge in [0.05, 0.1) is 5.69 Å². The Labute approximate surface area is 135 Å². The van der Waals surface area contributed by atoms with Crippen LogP contribution in [0, 0.1) is 0 Å². The number of hydrogen-bond acceptors (Lipinski definition) is 3. The molecule has 0 spiro atoms. The molecule has 0 aromatic carbocycles. The minimum absolute atomic E-state index is 0. The molecule has 5 nitrogen and oxygen atoms in total. The molecule has 19 heavy (non-hydrogen) atoms. The fourth-order valence-corrected chi connectivity index (χ4v) is 2.76. The number of nitrogens with zero attached hydrogens (tertiary/aromatic N) is 3. The van der Waals surface area contributed by atoms with Gasteiger partial charge in [0.1, 0.15) is 0 Å². The van der Waals surface area contributed by atoms with E-state index in [1.54, 1.807) is 0 Å². The number of nitrogens with one attached hydrogen (secondary N) is 1. The molecule has 0 bridgehead atoms. The van der Waals surface area contributed by atoms with Crippen LogP contribution in [0.15, 0.2) is 16.3 Å². The zero-order valence-electron chi connectivity index (χ0n) is 11.6. The lowest BCUT2D eigenvalue weighted by Crippen LogP contribution is -2.45. The van der Waals surface area contributed by atoms with Gasteiger partial charge in [-0.05, 0) is 20.8 Å². The second-order valence-electron chi connectivity index (χ2n) is 5.45. The topological polar surface area (TPSA) is 68.2 Å². The van der Waals surface area contributed by atoms with Gasteiger partial charge < -0.3 is 15.6 Å². The van der Waals surface area contributed by atoms with E-state index in [1.165, 1.54) is 0 Å². The first-order valence-electron chi connectivity index (χ1n) is 6.21. The largest absolute Gasteiger partial charge is 0.370 e. The molecule has 1 aromatic heterocycles. The van der Waals surface area contributed by atoms with Crippen LogP contribution in [0.1, 0.15) is 26.5 Å². The maximum Gasteiger partial charge on any atom is 0.188 e. The predicted octanol–water partition coefficient (Wildman–Crippen LogP) is 1.85. The van der Waals surface area contributed by atoms with Crippen LogP contribution < -0.4 is 11.1 Å². The smallest absolute Gasteiger partial charge is 0.188 e. The molecule has 1 aromatic rings. The highest BCUT2D eigenvalue weighted by molar-refractivity contribution is 14.0. The molecule has 1 aliphatic rings. The lowest BCUT2D eigenvalue weighted by Gasteiger charge is -2.20. The van der Waals surface area contributed by atoms with Crippen LogP contribution in [0.4, 0.5) is 0 Å². The highest BCUT2D eigenvalue weighted by Gasteiger charge is 2.14. The van der Waals surface area contributed by atoms with Gasteiger partial charge in [-0.15, -0.1) is 24.0 Å². The minimum Gasteiger partial charge on any atom is -0.370 e. The van der Waals surface area contributed by atoms with Crippen LogP contribution in [-0.4, -0.2) is 33.3 Å². The third-order valence-corrected chi connectivity index (χ3v) is 3.48. The average molecular weight is 395 g/mol. The molecule has 0 unspecified atom stereocenters. The first-order chi connectivity index (χ1) is 8.44. The Kier molecular flexibility index (Phi) is 5.97. The number of nitrogens with two attached hydrogens (primary N) is 1. The number of thioether (sulfide) groups is 1. The third-order valence-electron chi connectivity index (χ3n) is 2.51. The Balaban J connectivity index is 0.00000180. The van der Waals surface area contributed by atoms with Gasteiger partial charge >= 0.3 is 0 Å². The predicted molar refractivity (Wildman–Crippen MR) is 91.4 cm³/mol. The van der Waals surface area contributed by atoms with Crippen molar-refractivity contribution in [3.05, 3.63) is 11.9 Å². The molecule has 7 heteroatoms. The van der Waals surface area contributed by atoms with Crippen molar-refractivity contribution in [2.45, 2.75) is 44.4 Å². The van der Waals surface area contributed by atoms with E-state index in [0.717, 1.165) is 29.6 Å². The van der Waals surface area contributed by atoms with Crippen molar-refractivity contribution < 1.29 is 0 Å². The van der Waals surface area contributed by atoms with Crippen LogP contribution in [0.5, 0.6) is 0 Å². The van der Waals surface area contributed by atoms with E-state index in [4.69, 9.17) is 5.73 Å². The van der Waals surface area contributed by atoms with Gasteiger partial charge in [0.2, 0.25) is 0 Å². The quantitative estimate of drug-likeness (QED) is 0.466. The minimum atomic E-state index is -0.0419. The van der Waals surface area contributed by atoms with Crippen LogP contribution in [0.2, 0.25) is 0 Å². The third kappa shape index (κ3) is 5.21. The lowest BCUT2D eigenvalue weighted by molar-refractivity contribution is 0.508. The molecule has 0 atom stereocenters. The van der Waals surface area contributed by atoms with Crippen molar-refractivity contribution in [1.82, 2.24) is 14.9 Å². The highest BCUT2D eigenvalue weighted by Crippen LogP contribution is 2.24. The molecule has 2 heterocycles. The molecule has 3 N–H and O–H groups in total. The highest BCUT2D eigenvalue weighted by atomic mass is 127. The van der Waals surface area contributed by atoms with E-state index in [-0.39, 0.29) is 29.5 Å². The summed E-state index contributed by atoms with van der Waals surface area (Å²) >= 11 is 1.82. The van der Waals surface area contributed by atoms with Crippen LogP contribution in [-0.2, 0) is 13.0 Å². The number of aliphatic imine (C=N–C) groups is 1. The van der Waals surface area contributed by atoms with Crippen molar-refractivity contribution in [2.24, 2.45) is 10.7 Å². The molecule has 0 aliphatic carbocycles. The van der Waals surface area contributed by atoms with E-state index in [2.05, 4.69) is 46.8 Å². The number of aromatic nitrogens is 2. The number of fused-ring (bicyclic) bond motifs is 1. The molecule has 0 fully saturated rings. The molecule has 0 amide bonds. The number of hydrogen-bond donors (Lipinski definition) is 2. The Hall–Kier alpha value is -0.440. The zero-order valence-corrected chi connectivity index (χ0v) is 14.8. The monoisotopic (exact) mass is 395 g/mol. The maximum absolute atomic E-state index is 5.81. The standard InChI is InChI=1S/C12H21N5S.HI/c1-12(2,3)16-10(13)14-5-4-9-8-17-6-7-18-11(17)15-9;/h8H,4-7H2,1-3H3,(H3,13,14,16);1H. The van der Waals surface area contributed by atoms with E-state index >= 15 is 0 Å². The fourth-order valence-electron chi connectivity index (χ4n) is 1.80. The van der Waals surface area contributed by atoms with Gasteiger partial charge in [-0.1, -0.05) is 11.8 Å². The Bertz CT molecular complexity index is 428. The number of guanidine groups is 1. The first kappa shape index (κ1) is 16.6. The fraction of sp³-hybridized carbons (Fsp3) is 0.667. The van der Waals surface area contributed by atoms with Crippen LogP contribution in [0.25, 0.3) is 0 Å². The van der Waals surface area contributed by atoms with Gasteiger partial charge in [-0.25, -0.2) is 4.98 Å². The van der Waals surface area contributed by atoms with Crippen molar-refractivity contribution in [3.8, 4) is 0 Å². The summed E-state index contributed by atoms with van der Waals surface area (Å²) in [5, 5.41) is 4.28. The Morgan fingerprint density at radius 1 is 1.58 bits per heavy atom. The summed E-state index contributed by atoms with van der Waals surface area (Å²) in [6.07, 6.45) is 2.96. The summed E-state index contributed by atoms with van der Waals surface area (Å²) in [6, 6.07) is 0. The molecular weight excluding hydrogens is 373 g/mol. The van der Waals surface area contributed by atoms with E-state index < -0.39 is 0 Å². The van der Waals surface area contributed by atoms with Gasteiger partial charge in [0, 0.05) is 37.0 Å². The molecule has 1 aliphatic heterocycles. The first-order valence-corrected chi connectivity index (χ1v) is 7.19.